The first-order chi connectivity index (χ1) is 11.2. The molecule has 6 nitrogen and oxygen atoms in total. The van der Waals surface area contributed by atoms with E-state index in [1.807, 2.05) is 25.8 Å². The van der Waals surface area contributed by atoms with E-state index in [4.69, 9.17) is 4.18 Å². The number of piperidine rings is 1. The summed E-state index contributed by atoms with van der Waals surface area (Å²) in [4.78, 5) is 14.5. The van der Waals surface area contributed by atoms with Crippen LogP contribution in [0.1, 0.15) is 18.9 Å². The van der Waals surface area contributed by atoms with Crippen LogP contribution in [0.2, 0.25) is 0 Å². The quantitative estimate of drug-likeness (QED) is 0.823. The number of likely N-dealkylation sites (N-methyl/N-ethyl adjacent to an activating group) is 1. The summed E-state index contributed by atoms with van der Waals surface area (Å²) in [6.07, 6.45) is 0.838. The number of nitrogens with one attached hydrogen (secondary N) is 1. The first-order valence-corrected chi connectivity index (χ1v) is 9.61. The third-order valence-electron chi connectivity index (χ3n) is 5.54. The van der Waals surface area contributed by atoms with Gasteiger partial charge in [0.2, 0.25) is 5.91 Å². The van der Waals surface area contributed by atoms with Gasteiger partial charge in [0.05, 0.1) is 11.5 Å². The van der Waals surface area contributed by atoms with Crippen LogP contribution in [-0.2, 0) is 19.1 Å². The fraction of sp³-hybridized carbons (Fsp3) is 0.588. The molecule has 0 aliphatic carbocycles. The van der Waals surface area contributed by atoms with Gasteiger partial charge in [-0.1, -0.05) is 17.7 Å². The fourth-order valence-electron chi connectivity index (χ4n) is 3.91. The van der Waals surface area contributed by atoms with Crippen molar-refractivity contribution in [3.8, 4) is 0 Å². The van der Waals surface area contributed by atoms with E-state index in [-0.39, 0.29) is 29.2 Å². The Bertz CT molecular complexity index is 731. The molecule has 3 atom stereocenters. The van der Waals surface area contributed by atoms with Gasteiger partial charge in [0, 0.05) is 19.0 Å². The second-order valence-corrected chi connectivity index (χ2v) is 8.61. The average molecular weight is 352 g/mol. The van der Waals surface area contributed by atoms with E-state index in [0.717, 1.165) is 12.0 Å². The number of fused-ring (bicyclic) bond motifs is 1. The number of amides is 1. The monoisotopic (exact) mass is 352 g/mol. The Hall–Kier alpha value is -1.44. The van der Waals surface area contributed by atoms with Gasteiger partial charge in [-0.2, -0.15) is 8.42 Å². The Balaban J connectivity index is 1.73. The van der Waals surface area contributed by atoms with Gasteiger partial charge in [0.15, 0.2) is 0 Å². The predicted molar refractivity (Wildman–Crippen MR) is 90.0 cm³/mol. The number of hydrogen-bond acceptors (Lipinski definition) is 5. The van der Waals surface area contributed by atoms with Crippen molar-refractivity contribution >= 4 is 16.0 Å². The van der Waals surface area contributed by atoms with Crippen LogP contribution in [0.25, 0.3) is 0 Å². The third kappa shape index (κ3) is 2.85. The number of benzene rings is 1. The van der Waals surface area contributed by atoms with Crippen molar-refractivity contribution in [2.45, 2.75) is 30.7 Å². The molecule has 1 amide bonds. The molecular formula is C17H24N2O4S. The molecule has 132 valence electrons. The lowest BCUT2D eigenvalue weighted by Gasteiger charge is -2.40. The molecule has 0 unspecified atom stereocenters. The van der Waals surface area contributed by atoms with Crippen LogP contribution in [-0.4, -0.2) is 51.5 Å². The molecule has 2 fully saturated rings. The highest BCUT2D eigenvalue weighted by Gasteiger charge is 2.55. The number of aryl methyl sites for hydroxylation is 1. The summed E-state index contributed by atoms with van der Waals surface area (Å²) >= 11 is 0. The van der Waals surface area contributed by atoms with Gasteiger partial charge < -0.3 is 5.32 Å². The number of nitrogens with zero attached hydrogens (tertiary/aromatic N) is 1. The molecule has 0 spiro atoms. The minimum atomic E-state index is -3.77. The Morgan fingerprint density at radius 2 is 2.00 bits per heavy atom. The van der Waals surface area contributed by atoms with Crippen molar-refractivity contribution < 1.29 is 17.4 Å². The minimum absolute atomic E-state index is 0.0186. The predicted octanol–water partition coefficient (Wildman–Crippen LogP) is 1.16. The SMILES string of the molecule is Cc1ccc(S(=O)(=O)OC[C@@H]2CN(C)[C@]3(C)C(=O)NCC[C@H]23)cc1. The fourth-order valence-corrected chi connectivity index (χ4v) is 4.87. The number of carbonyl (C=O) groups is 1. The van der Waals surface area contributed by atoms with E-state index in [1.165, 1.54) is 0 Å². The number of carbonyl (C=O) groups excluding carboxylic acids is 1. The second-order valence-electron chi connectivity index (χ2n) is 6.99. The van der Waals surface area contributed by atoms with Crippen LogP contribution in [0.4, 0.5) is 0 Å². The summed E-state index contributed by atoms with van der Waals surface area (Å²) in [5, 5.41) is 2.91. The topological polar surface area (TPSA) is 75.7 Å². The van der Waals surface area contributed by atoms with Crippen molar-refractivity contribution in [2.24, 2.45) is 11.8 Å². The summed E-state index contributed by atoms with van der Waals surface area (Å²) in [6, 6.07) is 6.62. The minimum Gasteiger partial charge on any atom is -0.354 e. The smallest absolute Gasteiger partial charge is 0.296 e. The molecule has 2 aliphatic heterocycles. The Morgan fingerprint density at radius 3 is 2.67 bits per heavy atom. The lowest BCUT2D eigenvalue weighted by Crippen LogP contribution is -2.59. The number of rotatable bonds is 4. The molecule has 2 aliphatic rings. The summed E-state index contributed by atoms with van der Waals surface area (Å²) in [7, 11) is -1.86. The molecule has 0 aromatic heterocycles. The summed E-state index contributed by atoms with van der Waals surface area (Å²) in [5.74, 6) is 0.140. The van der Waals surface area contributed by atoms with Gasteiger partial charge in [0.25, 0.3) is 10.1 Å². The van der Waals surface area contributed by atoms with Crippen molar-refractivity contribution in [3.63, 3.8) is 0 Å². The highest BCUT2D eigenvalue weighted by molar-refractivity contribution is 7.86. The molecule has 1 aromatic carbocycles. The molecule has 7 heteroatoms. The highest BCUT2D eigenvalue weighted by Crippen LogP contribution is 2.42. The summed E-state index contributed by atoms with van der Waals surface area (Å²) in [5.41, 5.74) is 0.412. The van der Waals surface area contributed by atoms with Crippen LogP contribution in [0, 0.1) is 18.8 Å². The number of likely N-dealkylation sites (tertiary alicyclic amines) is 1. The van der Waals surface area contributed by atoms with Crippen molar-refractivity contribution in [1.29, 1.82) is 0 Å². The summed E-state index contributed by atoms with van der Waals surface area (Å²) < 4.78 is 30.1. The molecule has 2 saturated heterocycles. The molecule has 0 bridgehead atoms. The lowest BCUT2D eigenvalue weighted by atomic mass is 9.76. The molecule has 3 rings (SSSR count). The Kier molecular flexibility index (Phi) is 4.44. The van der Waals surface area contributed by atoms with Gasteiger partial charge in [-0.25, -0.2) is 0 Å². The van der Waals surface area contributed by atoms with Gasteiger partial charge in [-0.15, -0.1) is 0 Å². The molecular weight excluding hydrogens is 328 g/mol. The zero-order valence-electron chi connectivity index (χ0n) is 14.3. The maximum absolute atomic E-state index is 12.4. The zero-order valence-corrected chi connectivity index (χ0v) is 15.1. The van der Waals surface area contributed by atoms with Crippen LogP contribution in [0.5, 0.6) is 0 Å². The molecule has 0 radical (unpaired) electrons. The zero-order chi connectivity index (χ0) is 17.5. The van der Waals surface area contributed by atoms with Crippen molar-refractivity contribution in [3.05, 3.63) is 29.8 Å². The maximum Gasteiger partial charge on any atom is 0.296 e. The second kappa shape index (κ2) is 6.13. The van der Waals surface area contributed by atoms with Crippen molar-refractivity contribution in [1.82, 2.24) is 10.2 Å². The average Bonchev–Trinajstić information content (AvgIpc) is 2.79. The first-order valence-electron chi connectivity index (χ1n) is 8.21. The molecule has 1 aromatic rings. The van der Waals surface area contributed by atoms with Gasteiger partial charge >= 0.3 is 0 Å². The highest BCUT2D eigenvalue weighted by atomic mass is 32.2. The maximum atomic E-state index is 12.4. The summed E-state index contributed by atoms with van der Waals surface area (Å²) in [6.45, 7) is 5.22. The molecule has 1 N–H and O–H groups in total. The van der Waals surface area contributed by atoms with E-state index in [9.17, 15) is 13.2 Å². The van der Waals surface area contributed by atoms with Crippen molar-refractivity contribution in [2.75, 3.05) is 26.7 Å². The molecule has 24 heavy (non-hydrogen) atoms. The van der Waals surface area contributed by atoms with Gasteiger partial charge in [-0.3, -0.25) is 13.9 Å². The molecule has 0 saturated carbocycles. The normalized spacial score (nSPS) is 30.9. The Morgan fingerprint density at radius 1 is 1.33 bits per heavy atom. The van der Waals surface area contributed by atoms with E-state index < -0.39 is 15.7 Å². The first kappa shape index (κ1) is 17.4. The van der Waals surface area contributed by atoms with Gasteiger partial charge in [-0.05, 0) is 45.4 Å². The standard InChI is InChI=1S/C17H24N2O4S/c1-12-4-6-14(7-5-12)24(21,22)23-11-13-10-19(3)17(2)15(13)8-9-18-16(17)20/h4-7,13,15H,8-11H2,1-3H3,(H,18,20)/t13-,15+,17-/m0/s1. The van der Waals surface area contributed by atoms with E-state index in [2.05, 4.69) is 5.32 Å². The third-order valence-corrected chi connectivity index (χ3v) is 6.84. The van der Waals surface area contributed by atoms with Gasteiger partial charge in [0.1, 0.15) is 5.54 Å². The number of hydrogen-bond donors (Lipinski definition) is 1. The van der Waals surface area contributed by atoms with E-state index in [0.29, 0.717) is 13.1 Å². The van der Waals surface area contributed by atoms with Crippen LogP contribution >= 0.6 is 0 Å². The van der Waals surface area contributed by atoms with E-state index >= 15 is 0 Å². The van der Waals surface area contributed by atoms with Crippen LogP contribution in [0.3, 0.4) is 0 Å². The molecule has 2 heterocycles. The van der Waals surface area contributed by atoms with Crippen LogP contribution in [0.15, 0.2) is 29.2 Å². The largest absolute Gasteiger partial charge is 0.354 e. The van der Waals surface area contributed by atoms with Crippen LogP contribution < -0.4 is 5.32 Å². The van der Waals surface area contributed by atoms with E-state index in [1.54, 1.807) is 24.3 Å². The lowest BCUT2D eigenvalue weighted by molar-refractivity contribution is -0.135. The Labute approximate surface area is 143 Å².